The van der Waals surface area contributed by atoms with E-state index in [-0.39, 0.29) is 0 Å². The van der Waals surface area contributed by atoms with Crippen molar-refractivity contribution in [1.82, 2.24) is 0 Å². The minimum atomic E-state index is 0.476. The maximum absolute atomic E-state index is 5.63. The first-order valence-electron chi connectivity index (χ1n) is 3.85. The molecule has 0 bridgehead atoms. The Balaban J connectivity index is 2.51. The summed E-state index contributed by atoms with van der Waals surface area (Å²) in [5.41, 5.74) is 1.48. The molecule has 1 aliphatic carbocycles. The topological polar surface area (TPSA) is 12.4 Å². The van der Waals surface area contributed by atoms with Gasteiger partial charge in [-0.1, -0.05) is 23.3 Å². The van der Waals surface area contributed by atoms with Crippen LogP contribution in [0.1, 0.15) is 25.7 Å². The van der Waals surface area contributed by atoms with Gasteiger partial charge in [0.25, 0.3) is 0 Å². The van der Waals surface area contributed by atoms with Crippen LogP contribution in [-0.4, -0.2) is 6.72 Å². The Kier molecular flexibility index (Phi) is 3.37. The molecule has 1 rings (SSSR count). The van der Waals surface area contributed by atoms with E-state index >= 15 is 0 Å². The lowest BCUT2D eigenvalue weighted by molar-refractivity contribution is 0.886. The SMILES string of the molecule is C=N/C(Cl)=C\C=C1CCCC1. The second-order valence-electron chi connectivity index (χ2n) is 2.68. The molecule has 0 aromatic carbocycles. The van der Waals surface area contributed by atoms with E-state index in [0.29, 0.717) is 5.16 Å². The quantitative estimate of drug-likeness (QED) is 0.445. The predicted octanol–water partition coefficient (Wildman–Crippen LogP) is 3.27. The molecule has 2 heteroatoms. The molecule has 0 aromatic rings. The van der Waals surface area contributed by atoms with E-state index in [1.807, 2.05) is 6.08 Å². The molecule has 1 saturated carbocycles. The Morgan fingerprint density at radius 3 is 2.64 bits per heavy atom. The van der Waals surface area contributed by atoms with Crippen LogP contribution in [0, 0.1) is 0 Å². The second-order valence-corrected chi connectivity index (χ2v) is 3.07. The van der Waals surface area contributed by atoms with Gasteiger partial charge in [0, 0.05) is 0 Å². The molecule has 0 heterocycles. The second kappa shape index (κ2) is 4.35. The molecule has 11 heavy (non-hydrogen) atoms. The third kappa shape index (κ3) is 2.89. The van der Waals surface area contributed by atoms with Gasteiger partial charge in [-0.15, -0.1) is 0 Å². The van der Waals surface area contributed by atoms with Crippen molar-refractivity contribution in [3.05, 3.63) is 22.9 Å². The fourth-order valence-electron chi connectivity index (χ4n) is 1.24. The minimum absolute atomic E-state index is 0.476. The largest absolute Gasteiger partial charge is 0.252 e. The Labute approximate surface area is 72.5 Å². The summed E-state index contributed by atoms with van der Waals surface area (Å²) in [5.74, 6) is 0. The standard InChI is InChI=1S/C9H12ClN/c1-11-9(10)7-6-8-4-2-3-5-8/h6-7H,1-5H2/b9-7-. The van der Waals surface area contributed by atoms with Crippen LogP contribution in [0.25, 0.3) is 0 Å². The Hall–Kier alpha value is -0.560. The smallest absolute Gasteiger partial charge is 0.128 e. The molecular formula is C9H12ClN. The number of aliphatic imine (C=N–C) groups is 1. The van der Waals surface area contributed by atoms with Crippen molar-refractivity contribution in [2.45, 2.75) is 25.7 Å². The maximum Gasteiger partial charge on any atom is 0.128 e. The third-order valence-corrected chi connectivity index (χ3v) is 2.10. The molecule has 0 unspecified atom stereocenters. The average Bonchev–Trinajstić information content (AvgIpc) is 2.52. The molecule has 60 valence electrons. The van der Waals surface area contributed by atoms with Crippen molar-refractivity contribution in [1.29, 1.82) is 0 Å². The first-order valence-corrected chi connectivity index (χ1v) is 4.22. The van der Waals surface area contributed by atoms with Crippen molar-refractivity contribution in [2.24, 2.45) is 4.99 Å². The Bertz CT molecular complexity index is 196. The van der Waals surface area contributed by atoms with Crippen LogP contribution in [0.15, 0.2) is 27.9 Å². The van der Waals surface area contributed by atoms with E-state index in [4.69, 9.17) is 11.6 Å². The van der Waals surface area contributed by atoms with Crippen molar-refractivity contribution in [3.63, 3.8) is 0 Å². The summed E-state index contributed by atoms with van der Waals surface area (Å²) >= 11 is 5.63. The van der Waals surface area contributed by atoms with Gasteiger partial charge < -0.3 is 0 Å². The third-order valence-electron chi connectivity index (χ3n) is 1.85. The van der Waals surface area contributed by atoms with Gasteiger partial charge in [-0.3, -0.25) is 4.99 Å². The summed E-state index contributed by atoms with van der Waals surface area (Å²) in [6.45, 7) is 3.33. The molecule has 0 atom stereocenters. The van der Waals surface area contributed by atoms with Crippen LogP contribution < -0.4 is 0 Å². The Morgan fingerprint density at radius 1 is 1.45 bits per heavy atom. The first kappa shape index (κ1) is 8.54. The highest BCUT2D eigenvalue weighted by Crippen LogP contribution is 2.23. The van der Waals surface area contributed by atoms with E-state index in [9.17, 15) is 0 Å². The van der Waals surface area contributed by atoms with Gasteiger partial charge in [-0.2, -0.15) is 0 Å². The summed E-state index contributed by atoms with van der Waals surface area (Å²) in [6.07, 6.45) is 8.95. The molecular weight excluding hydrogens is 158 g/mol. The normalized spacial score (nSPS) is 18.6. The molecule has 1 nitrogen and oxygen atoms in total. The first-order chi connectivity index (χ1) is 5.33. The van der Waals surface area contributed by atoms with Gasteiger partial charge in [0.05, 0.1) is 0 Å². The molecule has 0 N–H and O–H groups in total. The molecule has 0 radical (unpaired) electrons. The lowest BCUT2D eigenvalue weighted by Crippen LogP contribution is -1.69. The monoisotopic (exact) mass is 169 g/mol. The fraction of sp³-hybridized carbons (Fsp3) is 0.444. The van der Waals surface area contributed by atoms with Gasteiger partial charge in [0.15, 0.2) is 0 Å². The van der Waals surface area contributed by atoms with Crippen LogP contribution >= 0.6 is 11.6 Å². The molecule has 1 aliphatic rings. The van der Waals surface area contributed by atoms with Gasteiger partial charge in [0.2, 0.25) is 0 Å². The highest BCUT2D eigenvalue weighted by atomic mass is 35.5. The molecule has 1 fully saturated rings. The number of halogens is 1. The average molecular weight is 170 g/mol. The van der Waals surface area contributed by atoms with E-state index < -0.39 is 0 Å². The lowest BCUT2D eigenvalue weighted by Gasteiger charge is -1.89. The van der Waals surface area contributed by atoms with E-state index in [0.717, 1.165) is 0 Å². The van der Waals surface area contributed by atoms with Crippen molar-refractivity contribution in [3.8, 4) is 0 Å². The summed E-state index contributed by atoms with van der Waals surface area (Å²) in [6, 6.07) is 0. The van der Waals surface area contributed by atoms with Gasteiger partial charge in [0.1, 0.15) is 5.16 Å². The van der Waals surface area contributed by atoms with Crippen molar-refractivity contribution in [2.75, 3.05) is 0 Å². The number of allylic oxidation sites excluding steroid dienone is 3. The summed E-state index contributed by atoms with van der Waals surface area (Å²) in [5, 5.41) is 0.476. The zero-order valence-electron chi connectivity index (χ0n) is 6.52. The zero-order chi connectivity index (χ0) is 8.10. The van der Waals surface area contributed by atoms with Crippen LogP contribution in [0.3, 0.4) is 0 Å². The number of nitrogens with zero attached hydrogens (tertiary/aromatic N) is 1. The van der Waals surface area contributed by atoms with E-state index in [2.05, 4.69) is 17.8 Å². The van der Waals surface area contributed by atoms with Crippen molar-refractivity contribution < 1.29 is 0 Å². The highest BCUT2D eigenvalue weighted by molar-refractivity contribution is 6.29. The number of hydrogen-bond acceptors (Lipinski definition) is 1. The molecule has 0 saturated heterocycles. The highest BCUT2D eigenvalue weighted by Gasteiger charge is 2.04. The molecule has 0 amide bonds. The van der Waals surface area contributed by atoms with Crippen LogP contribution in [0.2, 0.25) is 0 Å². The fourth-order valence-corrected chi connectivity index (χ4v) is 1.30. The van der Waals surface area contributed by atoms with Crippen LogP contribution in [0.5, 0.6) is 0 Å². The lowest BCUT2D eigenvalue weighted by atomic mass is 10.2. The van der Waals surface area contributed by atoms with E-state index in [1.165, 1.54) is 31.3 Å². The molecule has 0 aromatic heterocycles. The van der Waals surface area contributed by atoms with Gasteiger partial charge in [-0.05, 0) is 38.5 Å². The maximum atomic E-state index is 5.63. The van der Waals surface area contributed by atoms with Crippen LogP contribution in [-0.2, 0) is 0 Å². The minimum Gasteiger partial charge on any atom is -0.252 e. The predicted molar refractivity (Wildman–Crippen MR) is 50.0 cm³/mol. The van der Waals surface area contributed by atoms with Gasteiger partial charge in [-0.25, -0.2) is 0 Å². The number of hydrogen-bond donors (Lipinski definition) is 0. The zero-order valence-corrected chi connectivity index (χ0v) is 7.27. The number of rotatable bonds is 2. The molecule has 0 aliphatic heterocycles. The summed E-state index contributed by atoms with van der Waals surface area (Å²) in [4.78, 5) is 3.58. The molecule has 0 spiro atoms. The van der Waals surface area contributed by atoms with Crippen LogP contribution in [0.4, 0.5) is 0 Å². The van der Waals surface area contributed by atoms with Gasteiger partial charge >= 0.3 is 0 Å². The van der Waals surface area contributed by atoms with Crippen molar-refractivity contribution >= 4 is 18.3 Å². The summed E-state index contributed by atoms with van der Waals surface area (Å²) < 4.78 is 0. The van der Waals surface area contributed by atoms with E-state index in [1.54, 1.807) is 0 Å². The Morgan fingerprint density at radius 2 is 2.09 bits per heavy atom. The summed E-state index contributed by atoms with van der Waals surface area (Å²) in [7, 11) is 0.